The first-order chi connectivity index (χ1) is 6.00. The molecule has 0 amide bonds. The van der Waals surface area contributed by atoms with Crippen molar-refractivity contribution in [1.82, 2.24) is 4.31 Å². The van der Waals surface area contributed by atoms with Gasteiger partial charge < -0.3 is 0 Å². The van der Waals surface area contributed by atoms with Gasteiger partial charge in [-0.25, -0.2) is 5.14 Å². The summed E-state index contributed by atoms with van der Waals surface area (Å²) in [6.07, 6.45) is 3.58. The first-order valence-corrected chi connectivity index (χ1v) is 6.30. The van der Waals surface area contributed by atoms with Crippen LogP contribution < -0.4 is 5.14 Å². The van der Waals surface area contributed by atoms with Crippen molar-refractivity contribution < 1.29 is 8.42 Å². The fourth-order valence-electron chi connectivity index (χ4n) is 2.87. The molecule has 2 aliphatic rings. The van der Waals surface area contributed by atoms with E-state index in [0.717, 1.165) is 6.42 Å². The second-order valence-corrected chi connectivity index (χ2v) is 5.71. The van der Waals surface area contributed by atoms with E-state index in [1.54, 1.807) is 0 Å². The van der Waals surface area contributed by atoms with Crippen molar-refractivity contribution in [3.8, 4) is 0 Å². The second kappa shape index (κ2) is 2.93. The van der Waals surface area contributed by atoms with E-state index in [0.29, 0.717) is 18.4 Å². The number of rotatable bonds is 1. The molecule has 1 aliphatic heterocycles. The predicted octanol–water partition coefficient (Wildman–Crippen LogP) is 0.310. The Bertz CT molecular complexity index is 301. The third-order valence-corrected chi connectivity index (χ3v) is 4.67. The fourth-order valence-corrected chi connectivity index (χ4v) is 3.89. The third-order valence-electron chi connectivity index (χ3n) is 3.53. The molecule has 2 rings (SSSR count). The molecular formula is C8H16N2O2S. The summed E-state index contributed by atoms with van der Waals surface area (Å²) in [4.78, 5) is 0. The van der Waals surface area contributed by atoms with Crippen LogP contribution in [0.4, 0.5) is 0 Å². The van der Waals surface area contributed by atoms with E-state index < -0.39 is 10.2 Å². The quantitative estimate of drug-likeness (QED) is 0.668. The molecule has 3 atom stereocenters. The molecule has 1 heterocycles. The standard InChI is InChI=1S/C8H16N2O2S/c1-6-8-4-2-3-7(8)5-10(6)13(9,11)12/h6-8H,2-5H2,1H3,(H2,9,11,12). The molecule has 5 heteroatoms. The van der Waals surface area contributed by atoms with Crippen LogP contribution >= 0.6 is 0 Å². The lowest BCUT2D eigenvalue weighted by Crippen LogP contribution is -2.40. The Morgan fingerprint density at radius 1 is 1.38 bits per heavy atom. The Morgan fingerprint density at radius 3 is 2.62 bits per heavy atom. The van der Waals surface area contributed by atoms with Crippen molar-refractivity contribution >= 4 is 10.2 Å². The van der Waals surface area contributed by atoms with E-state index in [4.69, 9.17) is 5.14 Å². The summed E-state index contributed by atoms with van der Waals surface area (Å²) in [5.74, 6) is 1.12. The number of nitrogens with two attached hydrogens (primary N) is 1. The van der Waals surface area contributed by atoms with Gasteiger partial charge in [-0.15, -0.1) is 0 Å². The predicted molar refractivity (Wildman–Crippen MR) is 50.1 cm³/mol. The highest BCUT2D eigenvalue weighted by atomic mass is 32.2. The molecule has 0 aromatic carbocycles. The maximum Gasteiger partial charge on any atom is 0.277 e. The minimum absolute atomic E-state index is 0.113. The zero-order valence-electron chi connectivity index (χ0n) is 7.81. The molecule has 1 aliphatic carbocycles. The van der Waals surface area contributed by atoms with E-state index in [1.165, 1.54) is 17.1 Å². The van der Waals surface area contributed by atoms with Crippen molar-refractivity contribution in [3.63, 3.8) is 0 Å². The molecule has 2 fully saturated rings. The Labute approximate surface area is 79.3 Å². The molecule has 0 aromatic heterocycles. The number of fused-ring (bicyclic) bond motifs is 1. The molecule has 1 saturated heterocycles. The van der Waals surface area contributed by atoms with E-state index in [1.807, 2.05) is 6.92 Å². The van der Waals surface area contributed by atoms with Gasteiger partial charge in [-0.05, 0) is 31.6 Å². The van der Waals surface area contributed by atoms with Crippen molar-refractivity contribution in [1.29, 1.82) is 0 Å². The van der Waals surface area contributed by atoms with Gasteiger partial charge in [0.25, 0.3) is 10.2 Å². The molecule has 2 N–H and O–H groups in total. The van der Waals surface area contributed by atoms with Gasteiger partial charge in [0.2, 0.25) is 0 Å². The molecular weight excluding hydrogens is 188 g/mol. The van der Waals surface area contributed by atoms with Crippen LogP contribution in [0, 0.1) is 11.8 Å². The summed E-state index contributed by atoms with van der Waals surface area (Å²) >= 11 is 0. The Balaban J connectivity index is 2.20. The van der Waals surface area contributed by atoms with E-state index in [-0.39, 0.29) is 6.04 Å². The van der Waals surface area contributed by atoms with Gasteiger partial charge in [-0.1, -0.05) is 6.42 Å². The smallest absolute Gasteiger partial charge is 0.216 e. The maximum absolute atomic E-state index is 11.2. The number of hydrogen-bond donors (Lipinski definition) is 1. The van der Waals surface area contributed by atoms with Gasteiger partial charge in [0, 0.05) is 12.6 Å². The topological polar surface area (TPSA) is 63.4 Å². The Hall–Kier alpha value is -0.130. The molecule has 1 saturated carbocycles. The van der Waals surface area contributed by atoms with Gasteiger partial charge in [0.1, 0.15) is 0 Å². The minimum atomic E-state index is -3.46. The first-order valence-electron chi connectivity index (χ1n) is 4.79. The van der Waals surface area contributed by atoms with E-state index in [9.17, 15) is 8.42 Å². The molecule has 4 nitrogen and oxygen atoms in total. The highest BCUT2D eigenvalue weighted by molar-refractivity contribution is 7.86. The summed E-state index contributed by atoms with van der Waals surface area (Å²) in [5, 5.41) is 5.13. The highest BCUT2D eigenvalue weighted by Gasteiger charge is 2.45. The molecule has 0 aromatic rings. The van der Waals surface area contributed by atoms with Crippen molar-refractivity contribution in [2.45, 2.75) is 32.2 Å². The number of nitrogens with zero attached hydrogens (tertiary/aromatic N) is 1. The van der Waals surface area contributed by atoms with E-state index >= 15 is 0 Å². The van der Waals surface area contributed by atoms with Crippen LogP contribution in [-0.4, -0.2) is 25.3 Å². The average Bonchev–Trinajstić information content (AvgIpc) is 2.51. The zero-order valence-corrected chi connectivity index (χ0v) is 8.63. The summed E-state index contributed by atoms with van der Waals surface area (Å²) < 4.78 is 23.8. The molecule has 0 spiro atoms. The lowest BCUT2D eigenvalue weighted by Gasteiger charge is -2.20. The van der Waals surface area contributed by atoms with Crippen molar-refractivity contribution in [3.05, 3.63) is 0 Å². The Kier molecular flexibility index (Phi) is 2.13. The lowest BCUT2D eigenvalue weighted by atomic mass is 9.95. The van der Waals surface area contributed by atoms with Gasteiger partial charge in [-0.2, -0.15) is 12.7 Å². The normalized spacial score (nSPS) is 40.9. The average molecular weight is 204 g/mol. The lowest BCUT2D eigenvalue weighted by molar-refractivity contribution is 0.353. The molecule has 13 heavy (non-hydrogen) atoms. The van der Waals surface area contributed by atoms with Crippen LogP contribution in [0.15, 0.2) is 0 Å². The SMILES string of the molecule is CC1C2CCCC2CN1S(N)(=O)=O. The fraction of sp³-hybridized carbons (Fsp3) is 1.00. The molecule has 0 bridgehead atoms. The molecule has 0 radical (unpaired) electrons. The summed E-state index contributed by atoms with van der Waals surface area (Å²) in [5.41, 5.74) is 0. The summed E-state index contributed by atoms with van der Waals surface area (Å²) in [7, 11) is -3.46. The van der Waals surface area contributed by atoms with Crippen LogP contribution in [0.25, 0.3) is 0 Å². The van der Waals surface area contributed by atoms with Gasteiger partial charge in [0.15, 0.2) is 0 Å². The summed E-state index contributed by atoms with van der Waals surface area (Å²) in [6, 6.07) is 0.113. The number of hydrogen-bond acceptors (Lipinski definition) is 2. The van der Waals surface area contributed by atoms with Crippen LogP contribution in [0.1, 0.15) is 26.2 Å². The van der Waals surface area contributed by atoms with Crippen molar-refractivity contribution in [2.75, 3.05) is 6.54 Å². The highest BCUT2D eigenvalue weighted by Crippen LogP contribution is 2.42. The molecule has 3 unspecified atom stereocenters. The van der Waals surface area contributed by atoms with Crippen LogP contribution in [0.3, 0.4) is 0 Å². The first kappa shape index (κ1) is 9.43. The van der Waals surface area contributed by atoms with Crippen LogP contribution in [0.2, 0.25) is 0 Å². The third kappa shape index (κ3) is 1.49. The van der Waals surface area contributed by atoms with E-state index in [2.05, 4.69) is 0 Å². The van der Waals surface area contributed by atoms with Crippen LogP contribution in [0.5, 0.6) is 0 Å². The Morgan fingerprint density at radius 2 is 2.08 bits per heavy atom. The zero-order chi connectivity index (χ0) is 9.64. The monoisotopic (exact) mass is 204 g/mol. The van der Waals surface area contributed by atoms with Gasteiger partial charge in [-0.3, -0.25) is 0 Å². The van der Waals surface area contributed by atoms with Gasteiger partial charge >= 0.3 is 0 Å². The maximum atomic E-state index is 11.2. The summed E-state index contributed by atoms with van der Waals surface area (Å²) in [6.45, 7) is 2.62. The van der Waals surface area contributed by atoms with Gasteiger partial charge in [0.05, 0.1) is 0 Å². The second-order valence-electron chi connectivity index (χ2n) is 4.21. The minimum Gasteiger partial charge on any atom is -0.216 e. The largest absolute Gasteiger partial charge is 0.277 e. The molecule has 76 valence electrons. The van der Waals surface area contributed by atoms with Crippen molar-refractivity contribution in [2.24, 2.45) is 17.0 Å². The van der Waals surface area contributed by atoms with Crippen LogP contribution in [-0.2, 0) is 10.2 Å².